The number of para-hydroxylation sites is 1. The van der Waals surface area contributed by atoms with E-state index in [1.165, 1.54) is 0 Å². The quantitative estimate of drug-likeness (QED) is 0.778. The van der Waals surface area contributed by atoms with Crippen LogP contribution in [-0.2, 0) is 20.5 Å². The van der Waals surface area contributed by atoms with E-state index < -0.39 is 23.4 Å². The monoisotopic (exact) mass is 393 g/mol. The lowest BCUT2D eigenvalue weighted by Crippen LogP contribution is -2.42. The summed E-state index contributed by atoms with van der Waals surface area (Å²) in [5.41, 5.74) is 2.17. The van der Waals surface area contributed by atoms with Gasteiger partial charge in [-0.05, 0) is 42.0 Å². The van der Waals surface area contributed by atoms with Gasteiger partial charge in [0.25, 0.3) is 5.91 Å². The average molecular weight is 393 g/mol. The number of benzene rings is 2. The fraction of sp³-hybridized carbons (Fsp3) is 0.348. The van der Waals surface area contributed by atoms with Crippen LogP contribution in [0.15, 0.2) is 48.5 Å². The zero-order valence-electron chi connectivity index (χ0n) is 17.5. The highest BCUT2D eigenvalue weighted by molar-refractivity contribution is 6.10. The Morgan fingerprint density at radius 3 is 2.28 bits per heavy atom. The van der Waals surface area contributed by atoms with E-state index in [2.05, 4.69) is 31.4 Å². The Hall–Kier alpha value is -3.15. The van der Waals surface area contributed by atoms with E-state index >= 15 is 0 Å². The van der Waals surface area contributed by atoms with E-state index in [-0.39, 0.29) is 12.0 Å². The van der Waals surface area contributed by atoms with E-state index in [9.17, 15) is 14.4 Å². The van der Waals surface area contributed by atoms with Gasteiger partial charge >= 0.3 is 6.03 Å². The van der Waals surface area contributed by atoms with Gasteiger partial charge in [-0.15, -0.1) is 0 Å². The minimum Gasteiger partial charge on any atom is -0.324 e. The van der Waals surface area contributed by atoms with Crippen LogP contribution < -0.4 is 10.6 Å². The van der Waals surface area contributed by atoms with Gasteiger partial charge < -0.3 is 10.6 Å². The van der Waals surface area contributed by atoms with Gasteiger partial charge in [0, 0.05) is 5.69 Å². The summed E-state index contributed by atoms with van der Waals surface area (Å²) < 4.78 is 0. The van der Waals surface area contributed by atoms with Gasteiger partial charge in [0.15, 0.2) is 0 Å². The summed E-state index contributed by atoms with van der Waals surface area (Å²) in [6, 6.07) is 14.4. The van der Waals surface area contributed by atoms with E-state index in [0.29, 0.717) is 11.3 Å². The Balaban J connectivity index is 1.76. The number of imide groups is 1. The lowest BCUT2D eigenvalue weighted by Gasteiger charge is -2.24. The van der Waals surface area contributed by atoms with Gasteiger partial charge in [-0.1, -0.05) is 63.2 Å². The topological polar surface area (TPSA) is 78.5 Å². The van der Waals surface area contributed by atoms with Crippen LogP contribution in [-0.4, -0.2) is 29.3 Å². The van der Waals surface area contributed by atoms with Gasteiger partial charge in [-0.3, -0.25) is 14.5 Å². The first-order chi connectivity index (χ1) is 13.5. The molecule has 0 radical (unpaired) electrons. The predicted octanol–water partition coefficient (Wildman–Crippen LogP) is 3.70. The molecule has 4 amide bonds. The van der Waals surface area contributed by atoms with Gasteiger partial charge in [0.05, 0.1) is 0 Å². The molecule has 0 aliphatic carbocycles. The van der Waals surface area contributed by atoms with E-state index in [4.69, 9.17) is 0 Å². The predicted molar refractivity (Wildman–Crippen MR) is 113 cm³/mol. The summed E-state index contributed by atoms with van der Waals surface area (Å²) in [5.74, 6) is -0.860. The molecular weight excluding hydrogens is 366 g/mol. The highest BCUT2D eigenvalue weighted by Crippen LogP contribution is 2.31. The normalized spacial score (nSPS) is 19.3. The van der Waals surface area contributed by atoms with Crippen molar-refractivity contribution in [3.63, 3.8) is 0 Å². The summed E-state index contributed by atoms with van der Waals surface area (Å²) in [5, 5.41) is 5.50. The summed E-state index contributed by atoms with van der Waals surface area (Å²) in [6.45, 7) is 9.54. The largest absolute Gasteiger partial charge is 0.325 e. The molecule has 6 nitrogen and oxygen atoms in total. The Morgan fingerprint density at radius 1 is 1.07 bits per heavy atom. The number of nitrogens with zero attached hydrogens (tertiary/aromatic N) is 1. The Kier molecular flexibility index (Phi) is 5.22. The first-order valence-corrected chi connectivity index (χ1v) is 9.63. The van der Waals surface area contributed by atoms with Crippen LogP contribution in [0.4, 0.5) is 10.5 Å². The molecule has 1 atom stereocenters. The third-order valence-electron chi connectivity index (χ3n) is 5.32. The molecule has 1 fully saturated rings. The third kappa shape index (κ3) is 4.01. The molecule has 1 aliphatic heterocycles. The first-order valence-electron chi connectivity index (χ1n) is 9.63. The number of aryl methyl sites for hydroxylation is 1. The molecule has 6 heteroatoms. The van der Waals surface area contributed by atoms with Crippen molar-refractivity contribution in [1.29, 1.82) is 0 Å². The van der Waals surface area contributed by atoms with Crippen molar-refractivity contribution in [2.24, 2.45) is 0 Å². The fourth-order valence-electron chi connectivity index (χ4n) is 3.39. The molecule has 2 N–H and O–H groups in total. The maximum atomic E-state index is 13.0. The van der Waals surface area contributed by atoms with Crippen LogP contribution >= 0.6 is 0 Å². The number of hydrogen-bond donors (Lipinski definition) is 2. The molecule has 2 aromatic rings. The third-order valence-corrected chi connectivity index (χ3v) is 5.32. The van der Waals surface area contributed by atoms with Crippen molar-refractivity contribution in [1.82, 2.24) is 10.2 Å². The number of rotatable bonds is 4. The van der Waals surface area contributed by atoms with E-state index in [1.54, 1.807) is 13.0 Å². The molecule has 0 aromatic heterocycles. The van der Waals surface area contributed by atoms with Gasteiger partial charge in [0.1, 0.15) is 12.1 Å². The van der Waals surface area contributed by atoms with Crippen molar-refractivity contribution >= 4 is 23.5 Å². The van der Waals surface area contributed by atoms with Crippen LogP contribution in [0.1, 0.15) is 44.4 Å². The molecule has 0 bridgehead atoms. The van der Waals surface area contributed by atoms with Crippen LogP contribution in [0.3, 0.4) is 0 Å². The second kappa shape index (κ2) is 7.35. The van der Waals surface area contributed by atoms with Crippen molar-refractivity contribution in [3.05, 3.63) is 65.2 Å². The Morgan fingerprint density at radius 2 is 1.69 bits per heavy atom. The van der Waals surface area contributed by atoms with E-state index in [1.807, 2.05) is 49.4 Å². The molecule has 1 heterocycles. The lowest BCUT2D eigenvalue weighted by atomic mass is 9.84. The summed E-state index contributed by atoms with van der Waals surface area (Å²) in [6.07, 6.45) is 0. The Labute approximate surface area is 171 Å². The van der Waals surface area contributed by atoms with E-state index in [0.717, 1.165) is 16.0 Å². The molecule has 1 saturated heterocycles. The van der Waals surface area contributed by atoms with Gasteiger partial charge in [-0.25, -0.2) is 4.79 Å². The number of urea groups is 1. The highest BCUT2D eigenvalue weighted by atomic mass is 16.2. The second-order valence-corrected chi connectivity index (χ2v) is 8.64. The van der Waals surface area contributed by atoms with Crippen LogP contribution in [0.2, 0.25) is 0 Å². The molecule has 3 rings (SSSR count). The molecule has 152 valence electrons. The van der Waals surface area contributed by atoms with Crippen LogP contribution in [0, 0.1) is 6.92 Å². The van der Waals surface area contributed by atoms with Gasteiger partial charge in [-0.2, -0.15) is 0 Å². The number of carbonyl (C=O) groups is 3. The molecule has 1 aliphatic rings. The summed E-state index contributed by atoms with van der Waals surface area (Å²) >= 11 is 0. The lowest BCUT2D eigenvalue weighted by molar-refractivity contribution is -0.133. The number of anilines is 1. The molecule has 0 spiro atoms. The smallest absolute Gasteiger partial charge is 0.324 e. The SMILES string of the molecule is Cc1ccccc1NC(=O)CN1C(=O)N[C@@](C)(c2ccc(C(C)(C)C)cc2)C1=O. The first kappa shape index (κ1) is 20.6. The molecule has 0 saturated carbocycles. The van der Waals surface area contributed by atoms with Crippen molar-refractivity contribution in [2.75, 3.05) is 11.9 Å². The van der Waals surface area contributed by atoms with Crippen LogP contribution in [0.25, 0.3) is 0 Å². The number of amides is 4. The molecular formula is C23H27N3O3. The minimum atomic E-state index is -1.20. The molecule has 2 aromatic carbocycles. The van der Waals surface area contributed by atoms with Crippen molar-refractivity contribution < 1.29 is 14.4 Å². The molecule has 29 heavy (non-hydrogen) atoms. The maximum absolute atomic E-state index is 13.0. The maximum Gasteiger partial charge on any atom is 0.325 e. The zero-order valence-corrected chi connectivity index (χ0v) is 17.5. The summed E-state index contributed by atoms with van der Waals surface area (Å²) in [4.78, 5) is 38.9. The van der Waals surface area contributed by atoms with Crippen molar-refractivity contribution in [2.45, 2.75) is 45.6 Å². The minimum absolute atomic E-state index is 0.0118. The van der Waals surface area contributed by atoms with Crippen LogP contribution in [0.5, 0.6) is 0 Å². The second-order valence-electron chi connectivity index (χ2n) is 8.64. The van der Waals surface area contributed by atoms with Gasteiger partial charge in [0.2, 0.25) is 5.91 Å². The van der Waals surface area contributed by atoms with Crippen molar-refractivity contribution in [3.8, 4) is 0 Å². The fourth-order valence-corrected chi connectivity index (χ4v) is 3.39. The highest BCUT2D eigenvalue weighted by Gasteiger charge is 2.49. The Bertz CT molecular complexity index is 960. The average Bonchev–Trinajstić information content (AvgIpc) is 2.87. The number of carbonyl (C=O) groups excluding carboxylic acids is 3. The summed E-state index contributed by atoms with van der Waals surface area (Å²) in [7, 11) is 0. The number of hydrogen-bond acceptors (Lipinski definition) is 3. The zero-order chi connectivity index (χ0) is 21.4. The molecule has 0 unspecified atom stereocenters. The number of nitrogens with one attached hydrogen (secondary N) is 2. The standard InChI is InChI=1S/C23H27N3O3/c1-15-8-6-7-9-18(15)24-19(27)14-26-20(28)23(5,25-21(26)29)17-12-10-16(11-13-17)22(2,3)4/h6-13H,14H2,1-5H3,(H,24,27)(H,25,29)/t23-/m0/s1.